The van der Waals surface area contributed by atoms with Gasteiger partial charge >= 0.3 is 0 Å². The number of hydrogen-bond donors (Lipinski definition) is 1. The van der Waals surface area contributed by atoms with Gasteiger partial charge in [-0.3, -0.25) is 4.90 Å². The average molecular weight is 268 g/mol. The van der Waals surface area contributed by atoms with Crippen molar-refractivity contribution in [3.05, 3.63) is 0 Å². The first kappa shape index (κ1) is 13.3. The zero-order chi connectivity index (χ0) is 12.8. The van der Waals surface area contributed by atoms with Crippen LogP contribution >= 0.6 is 11.8 Å². The molecule has 18 heavy (non-hydrogen) atoms. The third-order valence-corrected chi connectivity index (χ3v) is 6.61. The van der Waals surface area contributed by atoms with Crippen LogP contribution < -0.4 is 5.32 Å². The molecule has 3 rings (SSSR count). The fraction of sp³-hybridized carbons (Fsp3) is 1.00. The Morgan fingerprint density at radius 3 is 2.61 bits per heavy atom. The molecule has 1 heterocycles. The van der Waals surface area contributed by atoms with E-state index in [1.165, 1.54) is 45.2 Å². The molecular formula is C15H28N2S. The van der Waals surface area contributed by atoms with Crippen LogP contribution in [0.1, 0.15) is 46.0 Å². The van der Waals surface area contributed by atoms with Crippen molar-refractivity contribution in [1.29, 1.82) is 0 Å². The van der Waals surface area contributed by atoms with E-state index in [9.17, 15) is 0 Å². The minimum absolute atomic E-state index is 0.407. The quantitative estimate of drug-likeness (QED) is 0.847. The smallest absolute Gasteiger partial charge is 0.0309 e. The second-order valence-corrected chi connectivity index (χ2v) is 8.06. The zero-order valence-corrected chi connectivity index (χ0v) is 12.9. The number of nitrogens with zero attached hydrogens (tertiary/aromatic N) is 1. The van der Waals surface area contributed by atoms with Gasteiger partial charge in [0.25, 0.3) is 0 Å². The van der Waals surface area contributed by atoms with Crippen molar-refractivity contribution in [2.75, 3.05) is 19.3 Å². The van der Waals surface area contributed by atoms with Crippen molar-refractivity contribution in [2.45, 2.75) is 68.8 Å². The van der Waals surface area contributed by atoms with Gasteiger partial charge in [0.15, 0.2) is 0 Å². The van der Waals surface area contributed by atoms with Crippen molar-refractivity contribution in [1.82, 2.24) is 10.2 Å². The highest BCUT2D eigenvalue weighted by atomic mass is 32.2. The molecular weight excluding hydrogens is 240 g/mol. The molecule has 3 fully saturated rings. The second-order valence-electron chi connectivity index (χ2n) is 6.92. The van der Waals surface area contributed by atoms with E-state index < -0.39 is 0 Å². The molecule has 3 aliphatic rings. The van der Waals surface area contributed by atoms with E-state index in [0.717, 1.165) is 23.3 Å². The third-order valence-electron chi connectivity index (χ3n) is 5.52. The van der Waals surface area contributed by atoms with Gasteiger partial charge in [-0.2, -0.15) is 11.8 Å². The highest BCUT2D eigenvalue weighted by Crippen LogP contribution is 2.43. The Balaban J connectivity index is 1.66. The summed E-state index contributed by atoms with van der Waals surface area (Å²) in [6.07, 6.45) is 9.46. The van der Waals surface area contributed by atoms with Crippen molar-refractivity contribution in [2.24, 2.45) is 5.92 Å². The van der Waals surface area contributed by atoms with Gasteiger partial charge in [0.2, 0.25) is 0 Å². The molecule has 0 bridgehead atoms. The van der Waals surface area contributed by atoms with Crippen LogP contribution in [0.15, 0.2) is 0 Å². The summed E-state index contributed by atoms with van der Waals surface area (Å²) in [7, 11) is 0. The van der Waals surface area contributed by atoms with E-state index >= 15 is 0 Å². The van der Waals surface area contributed by atoms with Gasteiger partial charge in [-0.15, -0.1) is 0 Å². The fourth-order valence-electron chi connectivity index (χ4n) is 4.00. The summed E-state index contributed by atoms with van der Waals surface area (Å²) in [5, 5.41) is 4.76. The molecule has 0 radical (unpaired) electrons. The van der Waals surface area contributed by atoms with E-state index in [4.69, 9.17) is 0 Å². The molecule has 2 saturated carbocycles. The lowest BCUT2D eigenvalue weighted by molar-refractivity contribution is 0.0483. The largest absolute Gasteiger partial charge is 0.308 e. The molecule has 1 saturated heterocycles. The van der Waals surface area contributed by atoms with Crippen LogP contribution in [0.4, 0.5) is 0 Å². The first-order valence-electron chi connectivity index (χ1n) is 7.66. The lowest BCUT2D eigenvalue weighted by Gasteiger charge is -2.48. The molecule has 2 aliphatic carbocycles. The van der Waals surface area contributed by atoms with Crippen LogP contribution in [0, 0.1) is 5.92 Å². The van der Waals surface area contributed by atoms with Gasteiger partial charge < -0.3 is 5.32 Å². The lowest BCUT2D eigenvalue weighted by atomic mass is 9.90. The molecule has 0 amide bonds. The van der Waals surface area contributed by atoms with Crippen LogP contribution in [-0.4, -0.2) is 47.1 Å². The standard InChI is InChI=1S/C15H28N2S/c1-11-9-16-15(2,12-4-5-12)10-17(11)13-6-7-14(8-13)18-3/h11-14,16H,4-10H2,1-3H3. The van der Waals surface area contributed by atoms with Gasteiger partial charge in [-0.1, -0.05) is 0 Å². The van der Waals surface area contributed by atoms with Gasteiger partial charge in [-0.05, 0) is 58.1 Å². The Morgan fingerprint density at radius 1 is 1.22 bits per heavy atom. The number of piperazine rings is 1. The molecule has 4 atom stereocenters. The average Bonchev–Trinajstić information content (AvgIpc) is 3.12. The molecule has 1 aliphatic heterocycles. The van der Waals surface area contributed by atoms with Crippen molar-refractivity contribution in [3.8, 4) is 0 Å². The predicted molar refractivity (Wildman–Crippen MR) is 80.2 cm³/mol. The molecule has 0 aromatic heterocycles. The van der Waals surface area contributed by atoms with E-state index in [2.05, 4.69) is 42.1 Å². The van der Waals surface area contributed by atoms with Gasteiger partial charge in [0.05, 0.1) is 0 Å². The minimum atomic E-state index is 0.407. The highest BCUT2D eigenvalue weighted by molar-refractivity contribution is 7.99. The lowest BCUT2D eigenvalue weighted by Crippen LogP contribution is -2.65. The van der Waals surface area contributed by atoms with Crippen molar-refractivity contribution >= 4 is 11.8 Å². The first-order valence-corrected chi connectivity index (χ1v) is 8.95. The summed E-state index contributed by atoms with van der Waals surface area (Å²) < 4.78 is 0. The second kappa shape index (κ2) is 4.99. The molecule has 104 valence electrons. The number of hydrogen-bond acceptors (Lipinski definition) is 3. The maximum atomic E-state index is 3.84. The fourth-order valence-corrected chi connectivity index (χ4v) is 4.79. The third kappa shape index (κ3) is 2.46. The molecule has 1 N–H and O–H groups in total. The SMILES string of the molecule is CSC1CCC(N2CC(C)(C3CC3)NCC2C)C1. The molecule has 0 spiro atoms. The Morgan fingerprint density at radius 2 is 2.00 bits per heavy atom. The van der Waals surface area contributed by atoms with Gasteiger partial charge in [-0.25, -0.2) is 0 Å². The Labute approximate surface area is 116 Å². The molecule has 3 heteroatoms. The summed E-state index contributed by atoms with van der Waals surface area (Å²) in [5.41, 5.74) is 0.407. The van der Waals surface area contributed by atoms with Crippen LogP contribution in [-0.2, 0) is 0 Å². The summed E-state index contributed by atoms with van der Waals surface area (Å²) >= 11 is 2.08. The summed E-state index contributed by atoms with van der Waals surface area (Å²) in [6.45, 7) is 7.34. The summed E-state index contributed by atoms with van der Waals surface area (Å²) in [4.78, 5) is 2.84. The first-order chi connectivity index (χ1) is 8.62. The minimum Gasteiger partial charge on any atom is -0.308 e. The van der Waals surface area contributed by atoms with Crippen LogP contribution in [0.3, 0.4) is 0 Å². The van der Waals surface area contributed by atoms with Crippen LogP contribution in [0.2, 0.25) is 0 Å². The summed E-state index contributed by atoms with van der Waals surface area (Å²) in [6, 6.07) is 1.58. The Bertz CT molecular complexity index is 305. The zero-order valence-electron chi connectivity index (χ0n) is 12.1. The van der Waals surface area contributed by atoms with Crippen LogP contribution in [0.25, 0.3) is 0 Å². The highest BCUT2D eigenvalue weighted by Gasteiger charge is 2.47. The monoisotopic (exact) mass is 268 g/mol. The Kier molecular flexibility index (Phi) is 3.68. The Hall–Kier alpha value is 0.270. The number of thioether (sulfide) groups is 1. The van der Waals surface area contributed by atoms with E-state index in [1.807, 2.05) is 0 Å². The molecule has 4 unspecified atom stereocenters. The van der Waals surface area contributed by atoms with E-state index in [-0.39, 0.29) is 0 Å². The van der Waals surface area contributed by atoms with Gasteiger partial charge in [0, 0.05) is 36.0 Å². The van der Waals surface area contributed by atoms with Crippen molar-refractivity contribution in [3.63, 3.8) is 0 Å². The van der Waals surface area contributed by atoms with Gasteiger partial charge in [0.1, 0.15) is 0 Å². The van der Waals surface area contributed by atoms with E-state index in [1.54, 1.807) is 0 Å². The normalized spacial score (nSPS) is 46.5. The molecule has 0 aromatic rings. The molecule has 2 nitrogen and oxygen atoms in total. The predicted octanol–water partition coefficient (Wildman–Crippen LogP) is 2.73. The number of nitrogens with one attached hydrogen (secondary N) is 1. The van der Waals surface area contributed by atoms with E-state index in [0.29, 0.717) is 5.54 Å². The maximum absolute atomic E-state index is 3.84. The topological polar surface area (TPSA) is 15.3 Å². The van der Waals surface area contributed by atoms with Crippen molar-refractivity contribution < 1.29 is 0 Å². The maximum Gasteiger partial charge on any atom is 0.0309 e. The van der Waals surface area contributed by atoms with Crippen LogP contribution in [0.5, 0.6) is 0 Å². The molecule has 0 aromatic carbocycles. The number of rotatable bonds is 3. The summed E-state index contributed by atoms with van der Waals surface area (Å²) in [5.74, 6) is 0.949.